The van der Waals surface area contributed by atoms with Gasteiger partial charge in [-0.3, -0.25) is 19.8 Å². The SMILES string of the molecule is CCCCNC(=O)Nc1ccc([N+](=O)[O-])cc1C(=O)NCC1CCN(C(c2ccccc2)c2ccccc2)CC1. The van der Waals surface area contributed by atoms with Crippen molar-refractivity contribution in [2.24, 2.45) is 5.92 Å². The lowest BCUT2D eigenvalue weighted by Gasteiger charge is -2.38. The van der Waals surface area contributed by atoms with Crippen LogP contribution in [0.15, 0.2) is 78.9 Å². The Kier molecular flexibility index (Phi) is 10.2. The highest BCUT2D eigenvalue weighted by atomic mass is 16.6. The first-order chi connectivity index (χ1) is 19.5. The summed E-state index contributed by atoms with van der Waals surface area (Å²) in [7, 11) is 0. The number of likely N-dealkylation sites (tertiary alicyclic amines) is 1. The van der Waals surface area contributed by atoms with Crippen molar-refractivity contribution in [2.75, 3.05) is 31.5 Å². The van der Waals surface area contributed by atoms with Gasteiger partial charge in [-0.25, -0.2) is 4.79 Å². The van der Waals surface area contributed by atoms with Crippen LogP contribution in [0.5, 0.6) is 0 Å². The molecule has 3 aromatic carbocycles. The summed E-state index contributed by atoms with van der Waals surface area (Å²) in [5, 5.41) is 19.7. The number of hydrogen-bond acceptors (Lipinski definition) is 5. The molecule has 0 atom stereocenters. The summed E-state index contributed by atoms with van der Waals surface area (Å²) in [6.07, 6.45) is 3.59. The highest BCUT2D eigenvalue weighted by Gasteiger charge is 2.28. The van der Waals surface area contributed by atoms with Gasteiger partial charge >= 0.3 is 6.03 Å². The number of non-ortho nitro benzene ring substituents is 1. The van der Waals surface area contributed by atoms with Crippen LogP contribution in [-0.2, 0) is 0 Å². The van der Waals surface area contributed by atoms with Gasteiger partial charge in [0.25, 0.3) is 11.6 Å². The average Bonchev–Trinajstić information content (AvgIpc) is 2.98. The second-order valence-corrected chi connectivity index (χ2v) is 10.1. The number of nitrogens with one attached hydrogen (secondary N) is 3. The largest absolute Gasteiger partial charge is 0.352 e. The molecule has 40 heavy (non-hydrogen) atoms. The normalized spacial score (nSPS) is 14.1. The Balaban J connectivity index is 1.38. The van der Waals surface area contributed by atoms with Crippen molar-refractivity contribution in [1.29, 1.82) is 0 Å². The molecule has 0 bridgehead atoms. The second kappa shape index (κ2) is 14.2. The minimum absolute atomic E-state index is 0.0745. The number of nitro groups is 1. The monoisotopic (exact) mass is 543 g/mol. The molecule has 1 fully saturated rings. The minimum atomic E-state index is -0.548. The van der Waals surface area contributed by atoms with Crippen molar-refractivity contribution in [3.63, 3.8) is 0 Å². The van der Waals surface area contributed by atoms with Crippen molar-refractivity contribution < 1.29 is 14.5 Å². The fourth-order valence-corrected chi connectivity index (χ4v) is 5.12. The van der Waals surface area contributed by atoms with Gasteiger partial charge in [-0.2, -0.15) is 0 Å². The number of nitrogens with zero attached hydrogens (tertiary/aromatic N) is 2. The Hall–Kier alpha value is -4.24. The first kappa shape index (κ1) is 28.8. The van der Waals surface area contributed by atoms with E-state index in [0.29, 0.717) is 13.1 Å². The Bertz CT molecular complexity index is 1240. The maximum absolute atomic E-state index is 13.2. The summed E-state index contributed by atoms with van der Waals surface area (Å²) in [5.41, 5.74) is 2.61. The standard InChI is InChI=1S/C31H37N5O4/c1-2-3-18-32-31(38)34-28-15-14-26(36(39)40)21-27(28)30(37)33-22-23-16-19-35(20-17-23)29(24-10-6-4-7-11-24)25-12-8-5-9-13-25/h4-15,21,23,29H,2-3,16-20,22H2,1H3,(H,33,37)(H2,32,34,38). The van der Waals surface area contributed by atoms with Gasteiger partial charge in [0.2, 0.25) is 0 Å². The van der Waals surface area contributed by atoms with Crippen LogP contribution >= 0.6 is 0 Å². The van der Waals surface area contributed by atoms with Crippen LogP contribution < -0.4 is 16.0 Å². The quantitative estimate of drug-likeness (QED) is 0.162. The highest BCUT2D eigenvalue weighted by molar-refractivity contribution is 6.04. The molecular weight excluding hydrogens is 506 g/mol. The summed E-state index contributed by atoms with van der Waals surface area (Å²) in [6.45, 7) is 4.75. The predicted molar refractivity (Wildman–Crippen MR) is 156 cm³/mol. The molecule has 1 heterocycles. The average molecular weight is 544 g/mol. The molecule has 0 unspecified atom stereocenters. The Labute approximate surface area is 235 Å². The second-order valence-electron chi connectivity index (χ2n) is 10.1. The van der Waals surface area contributed by atoms with Gasteiger partial charge in [0, 0.05) is 25.2 Å². The molecule has 9 nitrogen and oxygen atoms in total. The molecule has 3 amide bonds. The van der Waals surface area contributed by atoms with Crippen molar-refractivity contribution in [3.8, 4) is 0 Å². The third-order valence-corrected chi connectivity index (χ3v) is 7.32. The molecule has 0 aliphatic carbocycles. The number of hydrogen-bond donors (Lipinski definition) is 3. The lowest BCUT2D eigenvalue weighted by atomic mass is 9.91. The summed E-state index contributed by atoms with van der Waals surface area (Å²) >= 11 is 0. The Morgan fingerprint density at radius 3 is 2.15 bits per heavy atom. The molecule has 0 radical (unpaired) electrons. The van der Waals surface area contributed by atoms with E-state index in [1.807, 2.05) is 19.1 Å². The summed E-state index contributed by atoms with van der Waals surface area (Å²) in [6, 6.07) is 24.6. The smallest absolute Gasteiger partial charge is 0.319 e. The number of piperidine rings is 1. The van der Waals surface area contributed by atoms with Crippen LogP contribution in [0.1, 0.15) is 60.1 Å². The van der Waals surface area contributed by atoms with E-state index in [1.165, 1.54) is 29.3 Å². The van der Waals surface area contributed by atoms with Crippen molar-refractivity contribution in [2.45, 2.75) is 38.6 Å². The number of unbranched alkanes of at least 4 members (excludes halogenated alkanes) is 1. The predicted octanol–water partition coefficient (Wildman–Crippen LogP) is 5.75. The molecule has 1 aliphatic heterocycles. The lowest BCUT2D eigenvalue weighted by Crippen LogP contribution is -2.40. The minimum Gasteiger partial charge on any atom is -0.352 e. The van der Waals surface area contributed by atoms with Crippen molar-refractivity contribution in [1.82, 2.24) is 15.5 Å². The summed E-state index contributed by atoms with van der Waals surface area (Å²) in [4.78, 5) is 38.7. The molecule has 3 N–H and O–H groups in total. The number of nitro benzene ring substituents is 1. The number of carbonyl (C=O) groups is 2. The van der Waals surface area contributed by atoms with Crippen LogP contribution in [0.25, 0.3) is 0 Å². The topological polar surface area (TPSA) is 117 Å². The molecule has 0 aromatic heterocycles. The van der Waals surface area contributed by atoms with Gasteiger partial charge in [-0.1, -0.05) is 74.0 Å². The lowest BCUT2D eigenvalue weighted by molar-refractivity contribution is -0.384. The summed E-state index contributed by atoms with van der Waals surface area (Å²) in [5.74, 6) is -0.165. The first-order valence-electron chi connectivity index (χ1n) is 13.9. The number of carbonyl (C=O) groups excluding carboxylic acids is 2. The van der Waals surface area contributed by atoms with Gasteiger partial charge in [0.1, 0.15) is 0 Å². The molecule has 0 spiro atoms. The van der Waals surface area contributed by atoms with Crippen molar-refractivity contribution >= 4 is 23.3 Å². The maximum Gasteiger partial charge on any atom is 0.319 e. The maximum atomic E-state index is 13.2. The third kappa shape index (κ3) is 7.66. The van der Waals surface area contributed by atoms with Crippen LogP contribution in [0, 0.1) is 16.0 Å². The van der Waals surface area contributed by atoms with Gasteiger partial charge in [-0.05, 0) is 55.5 Å². The zero-order valence-corrected chi connectivity index (χ0v) is 22.8. The van der Waals surface area contributed by atoms with Crippen LogP contribution in [0.3, 0.4) is 0 Å². The number of rotatable bonds is 11. The van der Waals surface area contributed by atoms with Gasteiger partial charge < -0.3 is 16.0 Å². The van der Waals surface area contributed by atoms with Gasteiger partial charge in [0.15, 0.2) is 0 Å². The highest BCUT2D eigenvalue weighted by Crippen LogP contribution is 2.32. The zero-order valence-electron chi connectivity index (χ0n) is 22.8. The van der Waals surface area contributed by atoms with E-state index in [1.54, 1.807) is 0 Å². The molecule has 0 saturated carbocycles. The number of amides is 3. The van der Waals surface area contributed by atoms with E-state index in [4.69, 9.17) is 0 Å². The van der Waals surface area contributed by atoms with E-state index in [-0.39, 0.29) is 28.9 Å². The fraction of sp³-hybridized carbons (Fsp3) is 0.355. The van der Waals surface area contributed by atoms with E-state index >= 15 is 0 Å². The van der Waals surface area contributed by atoms with E-state index in [0.717, 1.165) is 38.8 Å². The van der Waals surface area contributed by atoms with Crippen LogP contribution in [-0.4, -0.2) is 47.9 Å². The van der Waals surface area contributed by atoms with Crippen LogP contribution in [0.2, 0.25) is 0 Å². The molecule has 9 heteroatoms. The third-order valence-electron chi connectivity index (χ3n) is 7.32. The Morgan fingerprint density at radius 2 is 1.57 bits per heavy atom. The molecule has 4 rings (SSSR count). The van der Waals surface area contributed by atoms with E-state index in [9.17, 15) is 19.7 Å². The molecule has 3 aromatic rings. The molecular formula is C31H37N5O4. The summed E-state index contributed by atoms with van der Waals surface area (Å²) < 4.78 is 0. The number of benzene rings is 3. The molecule has 210 valence electrons. The van der Waals surface area contributed by atoms with E-state index < -0.39 is 16.9 Å². The van der Waals surface area contributed by atoms with Crippen molar-refractivity contribution in [3.05, 3.63) is 106 Å². The van der Waals surface area contributed by atoms with Gasteiger partial charge in [0.05, 0.1) is 22.2 Å². The zero-order chi connectivity index (χ0) is 28.3. The molecule has 1 saturated heterocycles. The first-order valence-corrected chi connectivity index (χ1v) is 13.9. The van der Waals surface area contributed by atoms with E-state index in [2.05, 4.69) is 69.4 Å². The fourth-order valence-electron chi connectivity index (χ4n) is 5.12. The van der Waals surface area contributed by atoms with Gasteiger partial charge in [-0.15, -0.1) is 0 Å². The number of anilines is 1. The Morgan fingerprint density at radius 1 is 0.950 bits per heavy atom. The number of urea groups is 1. The van der Waals surface area contributed by atoms with Crippen LogP contribution in [0.4, 0.5) is 16.2 Å². The molecule has 1 aliphatic rings.